The molecule has 0 atom stereocenters. The van der Waals surface area contributed by atoms with E-state index in [4.69, 9.17) is 42.1 Å². The van der Waals surface area contributed by atoms with E-state index in [0.29, 0.717) is 17.4 Å². The summed E-state index contributed by atoms with van der Waals surface area (Å²) in [5, 5.41) is 0.741. The summed E-state index contributed by atoms with van der Waals surface area (Å²) in [4.78, 5) is 23.8. The summed E-state index contributed by atoms with van der Waals surface area (Å²) >= 11 is 11.7. The maximum absolute atomic E-state index is 11.9. The van der Waals surface area contributed by atoms with Crippen molar-refractivity contribution >= 4 is 35.1 Å². The molecule has 138 valence electrons. The van der Waals surface area contributed by atoms with Crippen molar-refractivity contribution in [1.82, 2.24) is 0 Å². The Morgan fingerprint density at radius 2 is 1.85 bits per heavy atom. The summed E-state index contributed by atoms with van der Waals surface area (Å²) < 4.78 is 20.3. The van der Waals surface area contributed by atoms with Gasteiger partial charge in [-0.3, -0.25) is 0 Å². The highest BCUT2D eigenvalue weighted by Gasteiger charge is 2.12. The number of halogens is 2. The summed E-state index contributed by atoms with van der Waals surface area (Å²) in [5.41, 5.74) is 0.257. The van der Waals surface area contributed by atoms with Crippen LogP contribution >= 0.6 is 23.2 Å². The smallest absolute Gasteiger partial charge is 0.349 e. The van der Waals surface area contributed by atoms with Crippen LogP contribution in [0.2, 0.25) is 10.0 Å². The molecule has 0 aliphatic rings. The van der Waals surface area contributed by atoms with Crippen LogP contribution in [0.5, 0.6) is 11.5 Å². The zero-order valence-electron chi connectivity index (χ0n) is 13.9. The Bertz CT molecular complexity index is 778. The first-order valence-electron chi connectivity index (χ1n) is 7.54. The molecule has 0 spiro atoms. The molecule has 0 heterocycles. The molecule has 2 rings (SSSR count). The van der Waals surface area contributed by atoms with E-state index >= 15 is 0 Å². The predicted octanol–water partition coefficient (Wildman–Crippen LogP) is 3.78. The molecule has 0 saturated heterocycles. The van der Waals surface area contributed by atoms with Gasteiger partial charge in [0.25, 0.3) is 0 Å². The predicted molar refractivity (Wildman–Crippen MR) is 96.2 cm³/mol. The SMILES string of the molecule is COCCOC(=O)c1cccc(OC(=O)COc2ccc(Cl)cc2Cl)c1. The Labute approximate surface area is 160 Å². The molecular weight excluding hydrogens is 383 g/mol. The Kier molecular flexibility index (Phi) is 7.72. The Morgan fingerprint density at radius 1 is 1.04 bits per heavy atom. The van der Waals surface area contributed by atoms with Gasteiger partial charge in [0, 0.05) is 12.1 Å². The molecule has 0 N–H and O–H groups in total. The van der Waals surface area contributed by atoms with Gasteiger partial charge in [-0.15, -0.1) is 0 Å². The normalized spacial score (nSPS) is 10.3. The van der Waals surface area contributed by atoms with Crippen molar-refractivity contribution in [2.24, 2.45) is 0 Å². The molecule has 8 heteroatoms. The lowest BCUT2D eigenvalue weighted by atomic mass is 10.2. The van der Waals surface area contributed by atoms with E-state index in [1.807, 2.05) is 0 Å². The third-order valence-electron chi connectivity index (χ3n) is 3.06. The molecule has 0 amide bonds. The van der Waals surface area contributed by atoms with Crippen LogP contribution in [0, 0.1) is 0 Å². The monoisotopic (exact) mass is 398 g/mol. The third kappa shape index (κ3) is 6.22. The first-order chi connectivity index (χ1) is 12.5. The fraction of sp³-hybridized carbons (Fsp3) is 0.222. The lowest BCUT2D eigenvalue weighted by Crippen LogP contribution is -2.18. The van der Waals surface area contributed by atoms with E-state index < -0.39 is 11.9 Å². The van der Waals surface area contributed by atoms with Crippen LogP contribution in [0.25, 0.3) is 0 Å². The molecule has 0 radical (unpaired) electrons. The van der Waals surface area contributed by atoms with Gasteiger partial charge < -0.3 is 18.9 Å². The maximum atomic E-state index is 11.9. The van der Waals surface area contributed by atoms with Crippen molar-refractivity contribution in [1.29, 1.82) is 0 Å². The van der Waals surface area contributed by atoms with E-state index in [1.165, 1.54) is 19.2 Å². The maximum Gasteiger partial charge on any atom is 0.349 e. The molecule has 0 unspecified atom stereocenters. The molecule has 0 aliphatic heterocycles. The van der Waals surface area contributed by atoms with Gasteiger partial charge in [-0.1, -0.05) is 29.3 Å². The van der Waals surface area contributed by atoms with Crippen LogP contribution in [-0.4, -0.2) is 38.9 Å². The van der Waals surface area contributed by atoms with Gasteiger partial charge in [0.1, 0.15) is 18.1 Å². The van der Waals surface area contributed by atoms with E-state index in [1.54, 1.807) is 30.3 Å². The van der Waals surface area contributed by atoms with Gasteiger partial charge in [0.2, 0.25) is 0 Å². The molecular formula is C18H16Cl2O6. The van der Waals surface area contributed by atoms with Crippen molar-refractivity contribution in [3.63, 3.8) is 0 Å². The molecule has 6 nitrogen and oxygen atoms in total. The number of esters is 2. The fourth-order valence-corrected chi connectivity index (χ4v) is 2.34. The van der Waals surface area contributed by atoms with Crippen molar-refractivity contribution in [3.05, 3.63) is 58.1 Å². The number of methoxy groups -OCH3 is 1. The van der Waals surface area contributed by atoms with Crippen molar-refractivity contribution in [2.75, 3.05) is 26.9 Å². The van der Waals surface area contributed by atoms with Gasteiger partial charge in [0.15, 0.2) is 6.61 Å². The fourth-order valence-electron chi connectivity index (χ4n) is 1.88. The van der Waals surface area contributed by atoms with Gasteiger partial charge in [-0.25, -0.2) is 9.59 Å². The van der Waals surface area contributed by atoms with Crippen LogP contribution in [0.4, 0.5) is 0 Å². The van der Waals surface area contributed by atoms with Gasteiger partial charge in [-0.05, 0) is 36.4 Å². The van der Waals surface area contributed by atoms with E-state index in [0.717, 1.165) is 0 Å². The molecule has 0 aliphatic carbocycles. The minimum absolute atomic E-state index is 0.134. The highest BCUT2D eigenvalue weighted by atomic mass is 35.5. The van der Waals surface area contributed by atoms with Crippen molar-refractivity contribution in [3.8, 4) is 11.5 Å². The van der Waals surface area contributed by atoms with Crippen LogP contribution in [0.1, 0.15) is 10.4 Å². The second-order valence-corrected chi connectivity index (χ2v) is 5.84. The Hall–Kier alpha value is -2.28. The number of hydrogen-bond donors (Lipinski definition) is 0. The second-order valence-electron chi connectivity index (χ2n) is 4.99. The Balaban J connectivity index is 1.90. The van der Waals surface area contributed by atoms with Crippen LogP contribution in [0.3, 0.4) is 0 Å². The van der Waals surface area contributed by atoms with E-state index in [-0.39, 0.29) is 29.5 Å². The van der Waals surface area contributed by atoms with Crippen molar-refractivity contribution in [2.45, 2.75) is 0 Å². The first-order valence-corrected chi connectivity index (χ1v) is 8.30. The van der Waals surface area contributed by atoms with Crippen LogP contribution in [-0.2, 0) is 14.3 Å². The zero-order chi connectivity index (χ0) is 18.9. The number of ether oxygens (including phenoxy) is 4. The van der Waals surface area contributed by atoms with Gasteiger partial charge >= 0.3 is 11.9 Å². The molecule has 2 aromatic rings. The van der Waals surface area contributed by atoms with Crippen LogP contribution in [0.15, 0.2) is 42.5 Å². The molecule has 0 saturated carbocycles. The first kappa shape index (κ1) is 20.0. The second kappa shape index (κ2) is 10.0. The van der Waals surface area contributed by atoms with E-state index in [2.05, 4.69) is 0 Å². The number of carbonyl (C=O) groups is 2. The lowest BCUT2D eigenvalue weighted by molar-refractivity contribution is -0.136. The average molecular weight is 399 g/mol. The quantitative estimate of drug-likeness (QED) is 0.382. The number of carbonyl (C=O) groups excluding carboxylic acids is 2. The Morgan fingerprint density at radius 3 is 2.58 bits per heavy atom. The molecule has 0 fully saturated rings. The number of rotatable bonds is 8. The third-order valence-corrected chi connectivity index (χ3v) is 3.59. The lowest BCUT2D eigenvalue weighted by Gasteiger charge is -2.09. The van der Waals surface area contributed by atoms with Crippen LogP contribution < -0.4 is 9.47 Å². The zero-order valence-corrected chi connectivity index (χ0v) is 15.4. The minimum atomic E-state index is -0.652. The summed E-state index contributed by atoms with van der Waals surface area (Å²) in [5.74, 6) is -0.685. The topological polar surface area (TPSA) is 71.1 Å². The summed E-state index contributed by atoms with van der Waals surface area (Å²) in [6.45, 7) is 0.0733. The summed E-state index contributed by atoms with van der Waals surface area (Å²) in [6.07, 6.45) is 0. The highest BCUT2D eigenvalue weighted by Crippen LogP contribution is 2.27. The summed E-state index contributed by atoms with van der Waals surface area (Å²) in [6, 6.07) is 10.7. The van der Waals surface area contributed by atoms with Gasteiger partial charge in [0.05, 0.1) is 17.2 Å². The highest BCUT2D eigenvalue weighted by molar-refractivity contribution is 6.35. The molecule has 26 heavy (non-hydrogen) atoms. The molecule has 0 bridgehead atoms. The average Bonchev–Trinajstić information content (AvgIpc) is 2.61. The number of benzene rings is 2. The van der Waals surface area contributed by atoms with Gasteiger partial charge in [-0.2, -0.15) is 0 Å². The molecule has 0 aromatic heterocycles. The minimum Gasteiger partial charge on any atom is -0.480 e. The van der Waals surface area contributed by atoms with Crippen molar-refractivity contribution < 1.29 is 28.5 Å². The summed E-state index contributed by atoms with van der Waals surface area (Å²) in [7, 11) is 1.51. The molecule has 2 aromatic carbocycles. The van der Waals surface area contributed by atoms with E-state index in [9.17, 15) is 9.59 Å². The largest absolute Gasteiger partial charge is 0.480 e. The standard InChI is InChI=1S/C18H16Cl2O6/c1-23-7-8-24-18(22)12-3-2-4-14(9-12)26-17(21)11-25-16-6-5-13(19)10-15(16)20/h2-6,9-10H,7-8,11H2,1H3. The number of hydrogen-bond acceptors (Lipinski definition) is 6.